The molecule has 0 amide bonds. The number of hydrogen-bond acceptors (Lipinski definition) is 3. The van der Waals surface area contributed by atoms with Crippen molar-refractivity contribution < 1.29 is 0 Å². The molecule has 4 aromatic heterocycles. The SMILES string of the molecule is N#Cc1cc(-c2ccc(-n3c4ccc(-n5c6ccccc6c6ccccc65)cc4c4cc(-n5c6ccccc6c6ccccc65)ccc43)cc2)ccc1-c1ccc(-c2cc(-c3ccccc3)nc(-c3ccccc3)n2)cc1. The monoisotopic (exact) mass is 980 g/mol. The highest BCUT2D eigenvalue weighted by Crippen LogP contribution is 2.41. The number of rotatable bonds is 8. The molecule has 0 bridgehead atoms. The second-order valence-electron chi connectivity index (χ2n) is 19.7. The van der Waals surface area contributed by atoms with Crippen LogP contribution in [0.4, 0.5) is 0 Å². The molecule has 0 unspecified atom stereocenters. The van der Waals surface area contributed by atoms with Crippen molar-refractivity contribution >= 4 is 65.4 Å². The van der Waals surface area contributed by atoms with Gasteiger partial charge in [-0.1, -0.05) is 182 Å². The van der Waals surface area contributed by atoms with E-state index in [-0.39, 0.29) is 0 Å². The van der Waals surface area contributed by atoms with Gasteiger partial charge in [0.2, 0.25) is 0 Å². The molecule has 358 valence electrons. The van der Waals surface area contributed by atoms with Gasteiger partial charge in [-0.05, 0) is 107 Å². The number of benzene rings is 11. The molecule has 0 fully saturated rings. The molecule has 0 aliphatic heterocycles. The van der Waals surface area contributed by atoms with Gasteiger partial charge in [-0.25, -0.2) is 9.97 Å². The lowest BCUT2D eigenvalue weighted by atomic mass is 9.94. The lowest BCUT2D eigenvalue weighted by molar-refractivity contribution is 1.16. The molecular weight excluding hydrogens is 937 g/mol. The fourth-order valence-electron chi connectivity index (χ4n) is 11.7. The first-order chi connectivity index (χ1) is 38.1. The number of fused-ring (bicyclic) bond motifs is 9. The average Bonchev–Trinajstić information content (AvgIpc) is 4.27. The molecule has 0 radical (unpaired) electrons. The van der Waals surface area contributed by atoms with Crippen LogP contribution >= 0.6 is 0 Å². The zero-order valence-corrected chi connectivity index (χ0v) is 41.6. The van der Waals surface area contributed by atoms with Gasteiger partial charge in [0.15, 0.2) is 5.82 Å². The summed E-state index contributed by atoms with van der Waals surface area (Å²) in [6.07, 6.45) is 0. The summed E-state index contributed by atoms with van der Waals surface area (Å²) < 4.78 is 7.19. The van der Waals surface area contributed by atoms with E-state index in [2.05, 4.69) is 226 Å². The lowest BCUT2D eigenvalue weighted by Crippen LogP contribution is -1.96. The Morgan fingerprint density at radius 3 is 1.14 bits per heavy atom. The Bertz CT molecular complexity index is 4510. The fourth-order valence-corrected chi connectivity index (χ4v) is 11.7. The summed E-state index contributed by atoms with van der Waals surface area (Å²) in [7, 11) is 0. The Morgan fingerprint density at radius 2 is 0.649 bits per heavy atom. The summed E-state index contributed by atoms with van der Waals surface area (Å²) in [6, 6.07) is 96.7. The summed E-state index contributed by atoms with van der Waals surface area (Å²) >= 11 is 0. The maximum atomic E-state index is 10.6. The minimum atomic E-state index is 0.611. The Kier molecular flexibility index (Phi) is 10.2. The van der Waals surface area contributed by atoms with Crippen molar-refractivity contribution in [2.45, 2.75) is 0 Å². The number of hydrogen-bond donors (Lipinski definition) is 0. The van der Waals surface area contributed by atoms with Crippen LogP contribution in [0.5, 0.6) is 0 Å². The van der Waals surface area contributed by atoms with Gasteiger partial charge in [0.25, 0.3) is 0 Å². The van der Waals surface area contributed by atoms with Gasteiger partial charge in [0.1, 0.15) is 0 Å². The van der Waals surface area contributed by atoms with Crippen LogP contribution in [0.2, 0.25) is 0 Å². The molecule has 0 aliphatic rings. The summed E-state index contributed by atoms with van der Waals surface area (Å²) in [4.78, 5) is 9.99. The van der Waals surface area contributed by atoms with Gasteiger partial charge in [0.05, 0.1) is 56.1 Å². The van der Waals surface area contributed by atoms with Crippen LogP contribution in [-0.2, 0) is 0 Å². The zero-order valence-electron chi connectivity index (χ0n) is 41.6. The van der Waals surface area contributed by atoms with Crippen molar-refractivity contribution in [2.75, 3.05) is 0 Å². The Balaban J connectivity index is 0.808. The van der Waals surface area contributed by atoms with Crippen LogP contribution in [0.25, 0.3) is 139 Å². The van der Waals surface area contributed by atoms with E-state index in [4.69, 9.17) is 9.97 Å². The van der Waals surface area contributed by atoms with Crippen LogP contribution in [0.3, 0.4) is 0 Å². The average molecular weight is 981 g/mol. The van der Waals surface area contributed by atoms with Crippen LogP contribution < -0.4 is 0 Å². The molecular formula is C71H44N6. The molecule has 0 spiro atoms. The van der Waals surface area contributed by atoms with Gasteiger partial charge in [0, 0.05) is 66.1 Å². The summed E-state index contributed by atoms with van der Waals surface area (Å²) in [5.74, 6) is 0.673. The van der Waals surface area contributed by atoms with Crippen molar-refractivity contribution in [3.8, 4) is 79.3 Å². The van der Waals surface area contributed by atoms with Crippen LogP contribution in [0, 0.1) is 11.3 Å². The van der Waals surface area contributed by atoms with Crippen molar-refractivity contribution in [1.82, 2.24) is 23.7 Å². The number of aromatic nitrogens is 5. The van der Waals surface area contributed by atoms with Crippen molar-refractivity contribution in [3.05, 3.63) is 272 Å². The van der Waals surface area contributed by atoms with Crippen LogP contribution in [0.1, 0.15) is 5.56 Å². The number of para-hydroxylation sites is 4. The van der Waals surface area contributed by atoms with E-state index in [1.807, 2.05) is 60.7 Å². The minimum Gasteiger partial charge on any atom is -0.309 e. The highest BCUT2D eigenvalue weighted by molar-refractivity contribution is 6.14. The third kappa shape index (κ3) is 7.25. The van der Waals surface area contributed by atoms with Gasteiger partial charge in [-0.15, -0.1) is 0 Å². The van der Waals surface area contributed by atoms with E-state index in [1.165, 1.54) is 54.4 Å². The Labute approximate surface area is 443 Å². The normalized spacial score (nSPS) is 11.6. The van der Waals surface area contributed by atoms with E-state index < -0.39 is 0 Å². The van der Waals surface area contributed by atoms with Gasteiger partial charge in [-0.3, -0.25) is 0 Å². The number of nitriles is 1. The first-order valence-electron chi connectivity index (χ1n) is 25.9. The van der Waals surface area contributed by atoms with Gasteiger partial charge >= 0.3 is 0 Å². The largest absolute Gasteiger partial charge is 0.309 e. The maximum Gasteiger partial charge on any atom is 0.160 e. The quantitative estimate of drug-likeness (QED) is 0.152. The molecule has 0 N–H and O–H groups in total. The van der Waals surface area contributed by atoms with E-state index in [0.717, 1.165) is 78.4 Å². The minimum absolute atomic E-state index is 0.611. The molecule has 0 saturated heterocycles. The maximum absolute atomic E-state index is 10.6. The highest BCUT2D eigenvalue weighted by atomic mass is 15.0. The summed E-state index contributed by atoms with van der Waals surface area (Å²) in [6.45, 7) is 0. The molecule has 0 saturated carbocycles. The van der Waals surface area contributed by atoms with Crippen molar-refractivity contribution in [2.24, 2.45) is 0 Å². The van der Waals surface area contributed by atoms with Gasteiger partial charge in [-0.2, -0.15) is 5.26 Å². The molecule has 6 heteroatoms. The second-order valence-corrected chi connectivity index (χ2v) is 19.7. The number of nitrogens with zero attached hydrogens (tertiary/aromatic N) is 6. The molecule has 6 nitrogen and oxygen atoms in total. The highest BCUT2D eigenvalue weighted by Gasteiger charge is 2.20. The lowest BCUT2D eigenvalue weighted by Gasteiger charge is -2.12. The van der Waals surface area contributed by atoms with Gasteiger partial charge < -0.3 is 13.7 Å². The molecule has 0 aliphatic carbocycles. The van der Waals surface area contributed by atoms with Crippen LogP contribution in [0.15, 0.2) is 267 Å². The molecule has 11 aromatic carbocycles. The predicted molar refractivity (Wildman–Crippen MR) is 317 cm³/mol. The summed E-state index contributed by atoms with van der Waals surface area (Å²) in [5.41, 5.74) is 19.3. The molecule has 15 rings (SSSR count). The van der Waals surface area contributed by atoms with Crippen molar-refractivity contribution in [1.29, 1.82) is 5.26 Å². The Morgan fingerprint density at radius 1 is 0.273 bits per heavy atom. The molecule has 15 aromatic rings. The van der Waals surface area contributed by atoms with E-state index in [9.17, 15) is 5.26 Å². The molecule has 77 heavy (non-hydrogen) atoms. The topological polar surface area (TPSA) is 64.4 Å². The Hall–Kier alpha value is -10.6. The van der Waals surface area contributed by atoms with E-state index in [1.54, 1.807) is 0 Å². The third-order valence-electron chi connectivity index (χ3n) is 15.3. The summed E-state index contributed by atoms with van der Waals surface area (Å²) in [5, 5.41) is 17.9. The second kappa shape index (κ2) is 17.8. The smallest absolute Gasteiger partial charge is 0.160 e. The van der Waals surface area contributed by atoms with Crippen LogP contribution in [-0.4, -0.2) is 23.7 Å². The fraction of sp³-hybridized carbons (Fsp3) is 0. The zero-order chi connectivity index (χ0) is 51.0. The first-order valence-corrected chi connectivity index (χ1v) is 25.9. The van der Waals surface area contributed by atoms with Crippen molar-refractivity contribution in [3.63, 3.8) is 0 Å². The predicted octanol–water partition coefficient (Wildman–Crippen LogP) is 18.0. The third-order valence-corrected chi connectivity index (χ3v) is 15.3. The molecule has 4 heterocycles. The van der Waals surface area contributed by atoms with E-state index in [0.29, 0.717) is 11.4 Å². The first kappa shape index (κ1) is 43.9. The standard InChI is InChI=1S/C71H44N6/c72-45-52-41-51(33-38-56(52)47-27-29-49(30-28-47)64-44-63(48-15-3-1-4-16-48)73-71(74-64)50-17-5-2-6-18-50)46-31-34-53(35-32-46)75-69-39-36-54(76-65-23-11-7-19-57(65)58-20-8-12-24-66(58)76)42-61(69)62-43-55(37-40-70(62)75)77-67-25-13-9-21-59(67)60-22-10-14-26-68(60)77/h1-44H. The molecule has 0 atom stereocenters. The van der Waals surface area contributed by atoms with E-state index >= 15 is 0 Å².